The Hall–Kier alpha value is -3.59. The van der Waals surface area contributed by atoms with Crippen molar-refractivity contribution in [2.45, 2.75) is 19.7 Å². The molecule has 9 heteroatoms. The summed E-state index contributed by atoms with van der Waals surface area (Å²) in [5, 5.41) is 12.7. The number of hydrogen-bond acceptors (Lipinski definition) is 5. The molecule has 3 aromatic rings. The minimum absolute atomic E-state index is 0.117. The summed E-state index contributed by atoms with van der Waals surface area (Å²) in [5.74, 6) is -0.242. The van der Waals surface area contributed by atoms with Crippen molar-refractivity contribution in [3.63, 3.8) is 0 Å². The summed E-state index contributed by atoms with van der Waals surface area (Å²) in [6.07, 6.45) is -3.01. The van der Waals surface area contributed by atoms with Gasteiger partial charge in [0.15, 0.2) is 5.69 Å². The second-order valence-electron chi connectivity index (χ2n) is 6.66. The van der Waals surface area contributed by atoms with Gasteiger partial charge in [-0.25, -0.2) is 4.98 Å². The summed E-state index contributed by atoms with van der Waals surface area (Å²) in [7, 11) is 1.48. The van der Waals surface area contributed by atoms with Crippen LogP contribution >= 0.6 is 0 Å². The van der Waals surface area contributed by atoms with Gasteiger partial charge in [0.25, 0.3) is 5.91 Å². The molecule has 2 N–H and O–H groups in total. The van der Waals surface area contributed by atoms with E-state index in [1.165, 1.54) is 25.4 Å². The molecular formula is C22H19F3N2O4. The molecule has 3 rings (SSSR count). The van der Waals surface area contributed by atoms with E-state index in [1.54, 1.807) is 31.2 Å². The van der Waals surface area contributed by atoms with Gasteiger partial charge in [0, 0.05) is 24.6 Å². The first-order valence-corrected chi connectivity index (χ1v) is 9.12. The van der Waals surface area contributed by atoms with Gasteiger partial charge in [-0.15, -0.1) is 0 Å². The molecule has 0 atom stereocenters. The molecule has 0 saturated carbocycles. The molecule has 0 saturated heterocycles. The molecule has 1 amide bonds. The number of nitrogens with one attached hydrogen (secondary N) is 1. The zero-order valence-electron chi connectivity index (χ0n) is 16.7. The molecule has 0 spiro atoms. The number of methoxy groups -OCH3 is 1. The molecule has 0 unspecified atom stereocenters. The molecule has 1 heterocycles. The average molecular weight is 432 g/mol. The van der Waals surface area contributed by atoms with Crippen molar-refractivity contribution in [1.29, 1.82) is 0 Å². The van der Waals surface area contributed by atoms with Gasteiger partial charge in [-0.3, -0.25) is 4.79 Å². The lowest BCUT2D eigenvalue weighted by Crippen LogP contribution is -2.15. The highest BCUT2D eigenvalue weighted by molar-refractivity contribution is 6.05. The number of pyridine rings is 1. The van der Waals surface area contributed by atoms with Crippen molar-refractivity contribution in [3.05, 3.63) is 77.1 Å². The van der Waals surface area contributed by atoms with Gasteiger partial charge in [0.1, 0.15) is 17.2 Å². The van der Waals surface area contributed by atoms with Crippen LogP contribution in [-0.4, -0.2) is 23.1 Å². The van der Waals surface area contributed by atoms with Crippen LogP contribution in [0.2, 0.25) is 0 Å². The number of hydrogen-bond donors (Lipinski definition) is 2. The number of ether oxygens (including phenoxy) is 2. The summed E-state index contributed by atoms with van der Waals surface area (Å²) in [5.41, 5.74) is 0.596. The van der Waals surface area contributed by atoms with E-state index < -0.39 is 17.6 Å². The maximum Gasteiger partial charge on any atom is 0.416 e. The van der Waals surface area contributed by atoms with E-state index in [0.717, 1.165) is 12.1 Å². The van der Waals surface area contributed by atoms with Crippen LogP contribution in [0.25, 0.3) is 0 Å². The first-order chi connectivity index (χ1) is 14.7. The topological polar surface area (TPSA) is 80.7 Å². The third-order valence-electron chi connectivity index (χ3n) is 4.38. The lowest BCUT2D eigenvalue weighted by atomic mass is 10.1. The van der Waals surface area contributed by atoms with Gasteiger partial charge in [-0.1, -0.05) is 0 Å². The van der Waals surface area contributed by atoms with Crippen molar-refractivity contribution in [2.75, 3.05) is 12.4 Å². The molecule has 0 bridgehead atoms. The number of aryl methyl sites for hydroxylation is 1. The molecule has 0 radical (unpaired) electrons. The average Bonchev–Trinajstić information content (AvgIpc) is 2.72. The number of anilines is 1. The third-order valence-corrected chi connectivity index (χ3v) is 4.38. The summed E-state index contributed by atoms with van der Waals surface area (Å²) < 4.78 is 48.9. The lowest BCUT2D eigenvalue weighted by molar-refractivity contribution is -0.137. The molecule has 2 aromatic carbocycles. The number of aromatic nitrogens is 1. The maximum atomic E-state index is 12.7. The lowest BCUT2D eigenvalue weighted by Gasteiger charge is -2.14. The quantitative estimate of drug-likeness (QED) is 0.552. The van der Waals surface area contributed by atoms with Gasteiger partial charge >= 0.3 is 6.18 Å². The van der Waals surface area contributed by atoms with Crippen LogP contribution in [0.5, 0.6) is 17.2 Å². The highest BCUT2D eigenvalue weighted by atomic mass is 19.4. The van der Waals surface area contributed by atoms with Crippen LogP contribution < -0.4 is 10.1 Å². The van der Waals surface area contributed by atoms with Gasteiger partial charge in [-0.2, -0.15) is 13.2 Å². The van der Waals surface area contributed by atoms with Crippen LogP contribution in [0, 0.1) is 6.92 Å². The van der Waals surface area contributed by atoms with Crippen LogP contribution in [0.1, 0.15) is 27.2 Å². The van der Waals surface area contributed by atoms with E-state index >= 15 is 0 Å². The Balaban J connectivity index is 1.81. The molecule has 162 valence electrons. The number of carbonyl (C=O) groups is 1. The fourth-order valence-corrected chi connectivity index (χ4v) is 2.78. The second kappa shape index (κ2) is 9.05. The fraction of sp³-hybridized carbons (Fsp3) is 0.182. The Labute approximate surface area is 176 Å². The van der Waals surface area contributed by atoms with E-state index in [1.807, 2.05) is 0 Å². The van der Waals surface area contributed by atoms with E-state index in [9.17, 15) is 23.1 Å². The van der Waals surface area contributed by atoms with Crippen LogP contribution in [-0.2, 0) is 17.5 Å². The Morgan fingerprint density at radius 2 is 1.77 bits per heavy atom. The fourth-order valence-electron chi connectivity index (χ4n) is 2.78. The number of halogens is 3. The standard InChI is InChI=1S/C22H19F3N2O4/c1-13-9-10-26-19(20(13)28)21(29)27-18-8-7-17(11-14(18)12-30-2)31-16-5-3-15(4-6-16)22(23,24)25/h3-11,28H,12H2,1-2H3,(H,27,29). The molecule has 0 fully saturated rings. The molecule has 1 aromatic heterocycles. The number of alkyl halides is 3. The molecule has 31 heavy (non-hydrogen) atoms. The highest BCUT2D eigenvalue weighted by Gasteiger charge is 2.30. The van der Waals surface area contributed by atoms with Gasteiger partial charge in [0.05, 0.1) is 12.2 Å². The molecule has 0 aliphatic heterocycles. The molecule has 0 aliphatic carbocycles. The number of benzene rings is 2. The predicted molar refractivity (Wildman–Crippen MR) is 107 cm³/mol. The van der Waals surface area contributed by atoms with Crippen molar-refractivity contribution in [3.8, 4) is 17.2 Å². The van der Waals surface area contributed by atoms with E-state index in [4.69, 9.17) is 9.47 Å². The zero-order valence-corrected chi connectivity index (χ0v) is 16.7. The summed E-state index contributed by atoms with van der Waals surface area (Å²) >= 11 is 0. The normalized spacial score (nSPS) is 11.3. The molecule has 6 nitrogen and oxygen atoms in total. The maximum absolute atomic E-state index is 12.7. The smallest absolute Gasteiger partial charge is 0.416 e. The summed E-state index contributed by atoms with van der Waals surface area (Å²) in [4.78, 5) is 16.4. The Kier molecular flexibility index (Phi) is 6.45. The first-order valence-electron chi connectivity index (χ1n) is 9.12. The van der Waals surface area contributed by atoms with Gasteiger partial charge in [0.2, 0.25) is 0 Å². The zero-order chi connectivity index (χ0) is 22.6. The minimum atomic E-state index is -4.43. The number of rotatable bonds is 6. The third kappa shape index (κ3) is 5.32. The van der Waals surface area contributed by atoms with Gasteiger partial charge in [-0.05, 0) is 61.0 Å². The first kappa shape index (κ1) is 22.1. The summed E-state index contributed by atoms with van der Waals surface area (Å²) in [6.45, 7) is 1.78. The SMILES string of the molecule is COCc1cc(Oc2ccc(C(F)(F)F)cc2)ccc1NC(=O)c1nccc(C)c1O. The number of nitrogens with zero attached hydrogens (tertiary/aromatic N) is 1. The monoisotopic (exact) mass is 432 g/mol. The summed E-state index contributed by atoms with van der Waals surface area (Å²) in [6, 6.07) is 10.6. The van der Waals surface area contributed by atoms with E-state index in [2.05, 4.69) is 10.3 Å². The van der Waals surface area contributed by atoms with E-state index in [0.29, 0.717) is 22.6 Å². The predicted octanol–water partition coefficient (Wildman–Crippen LogP) is 5.31. The van der Waals surface area contributed by atoms with Crippen LogP contribution in [0.4, 0.5) is 18.9 Å². The Bertz CT molecular complexity index is 1080. The number of amides is 1. The number of carbonyl (C=O) groups excluding carboxylic acids is 1. The number of aromatic hydroxyl groups is 1. The van der Waals surface area contributed by atoms with E-state index in [-0.39, 0.29) is 23.8 Å². The van der Waals surface area contributed by atoms with Crippen molar-refractivity contribution >= 4 is 11.6 Å². The van der Waals surface area contributed by atoms with Crippen molar-refractivity contribution in [2.24, 2.45) is 0 Å². The second-order valence-corrected chi connectivity index (χ2v) is 6.66. The van der Waals surface area contributed by atoms with Crippen molar-refractivity contribution < 1.29 is 32.5 Å². The Morgan fingerprint density at radius 1 is 1.10 bits per heavy atom. The molecular weight excluding hydrogens is 413 g/mol. The van der Waals surface area contributed by atoms with Crippen molar-refractivity contribution in [1.82, 2.24) is 4.98 Å². The molecule has 0 aliphatic rings. The highest BCUT2D eigenvalue weighted by Crippen LogP contribution is 2.32. The van der Waals surface area contributed by atoms with Crippen LogP contribution in [0.15, 0.2) is 54.7 Å². The Morgan fingerprint density at radius 3 is 2.42 bits per heavy atom. The minimum Gasteiger partial charge on any atom is -0.505 e. The van der Waals surface area contributed by atoms with Gasteiger partial charge < -0.3 is 19.9 Å². The van der Waals surface area contributed by atoms with Crippen LogP contribution in [0.3, 0.4) is 0 Å². The largest absolute Gasteiger partial charge is 0.505 e.